The van der Waals surface area contributed by atoms with Crippen LogP contribution in [0.5, 0.6) is 5.75 Å². The molecule has 1 aromatic carbocycles. The van der Waals surface area contributed by atoms with E-state index in [2.05, 4.69) is 17.9 Å². The Hall–Kier alpha value is -1.18. The minimum Gasteiger partial charge on any atom is -0.508 e. The van der Waals surface area contributed by atoms with Crippen molar-refractivity contribution in [3.05, 3.63) is 24.3 Å². The molecule has 1 fully saturated rings. The summed E-state index contributed by atoms with van der Waals surface area (Å²) in [5.41, 5.74) is 1.19. The minimum atomic E-state index is 0.384. The molecule has 0 heterocycles. The second kappa shape index (κ2) is 8.96. The molecule has 0 radical (unpaired) electrons. The van der Waals surface area contributed by atoms with E-state index >= 15 is 0 Å². The number of phenolic OH excluding ortho intramolecular Hbond substituents is 1. The predicted molar refractivity (Wildman–Crippen MR) is 91.0 cm³/mol. The molecule has 0 aliphatic heterocycles. The zero-order chi connectivity index (χ0) is 14.9. The highest BCUT2D eigenvalue weighted by atomic mass is 16.3. The Morgan fingerprint density at radius 1 is 1.10 bits per heavy atom. The van der Waals surface area contributed by atoms with E-state index in [0.29, 0.717) is 5.75 Å². The van der Waals surface area contributed by atoms with E-state index in [9.17, 15) is 5.11 Å². The molecule has 0 spiro atoms. The second-order valence-corrected chi connectivity index (χ2v) is 6.53. The van der Waals surface area contributed by atoms with Crippen molar-refractivity contribution >= 4 is 5.69 Å². The lowest BCUT2D eigenvalue weighted by Crippen LogP contribution is -2.31. The molecule has 0 aromatic heterocycles. The van der Waals surface area contributed by atoms with Gasteiger partial charge in [-0.1, -0.05) is 51.5 Å². The Kier molecular flexibility index (Phi) is 6.91. The molecule has 0 atom stereocenters. The van der Waals surface area contributed by atoms with Crippen molar-refractivity contribution in [3.63, 3.8) is 0 Å². The highest BCUT2D eigenvalue weighted by molar-refractivity contribution is 5.50. The largest absolute Gasteiger partial charge is 0.508 e. The van der Waals surface area contributed by atoms with Gasteiger partial charge in [0.05, 0.1) is 0 Å². The average molecular weight is 289 g/mol. The average Bonchev–Trinajstić information content (AvgIpc) is 2.51. The van der Waals surface area contributed by atoms with Gasteiger partial charge in [0.1, 0.15) is 5.75 Å². The molecule has 1 aliphatic rings. The third-order valence-electron chi connectivity index (χ3n) is 4.68. The van der Waals surface area contributed by atoms with Gasteiger partial charge in [0.25, 0.3) is 0 Å². The molecular formula is C19H31NO. The van der Waals surface area contributed by atoms with Crippen LogP contribution in [0, 0.1) is 5.92 Å². The smallest absolute Gasteiger partial charge is 0.117 e. The first-order chi connectivity index (χ1) is 10.3. The molecular weight excluding hydrogens is 258 g/mol. The first-order valence-electron chi connectivity index (χ1n) is 8.83. The van der Waals surface area contributed by atoms with E-state index in [-0.39, 0.29) is 0 Å². The van der Waals surface area contributed by atoms with Crippen molar-refractivity contribution in [1.82, 2.24) is 0 Å². The van der Waals surface area contributed by atoms with Gasteiger partial charge in [-0.25, -0.2) is 0 Å². The van der Waals surface area contributed by atoms with Gasteiger partial charge in [-0.15, -0.1) is 0 Å². The third kappa shape index (κ3) is 5.61. The maximum absolute atomic E-state index is 9.75. The molecule has 1 N–H and O–H groups in total. The van der Waals surface area contributed by atoms with Crippen molar-refractivity contribution < 1.29 is 5.11 Å². The van der Waals surface area contributed by atoms with Gasteiger partial charge in [-0.3, -0.25) is 0 Å². The summed E-state index contributed by atoms with van der Waals surface area (Å²) in [5.74, 6) is 1.22. The van der Waals surface area contributed by atoms with E-state index in [1.54, 1.807) is 6.07 Å². The monoisotopic (exact) mass is 289 g/mol. The zero-order valence-corrected chi connectivity index (χ0v) is 13.6. The van der Waals surface area contributed by atoms with Gasteiger partial charge in [0, 0.05) is 24.8 Å². The summed E-state index contributed by atoms with van der Waals surface area (Å²) in [6, 6.07) is 7.79. The molecule has 0 amide bonds. The van der Waals surface area contributed by atoms with Crippen molar-refractivity contribution in [2.45, 2.75) is 64.7 Å². The number of nitrogens with zero attached hydrogens (tertiary/aromatic N) is 1. The van der Waals surface area contributed by atoms with E-state index < -0.39 is 0 Å². The van der Waals surface area contributed by atoms with Crippen LogP contribution in [0.25, 0.3) is 0 Å². The standard InChI is InChI=1S/C19H31NO/c1-2-3-4-8-14-20(16-17-10-6-5-7-11-17)18-12-9-13-19(21)15-18/h9,12-13,15,17,21H,2-8,10-11,14,16H2,1H3. The first-order valence-corrected chi connectivity index (χ1v) is 8.83. The summed E-state index contributed by atoms with van der Waals surface area (Å²) in [6.45, 7) is 4.55. The fourth-order valence-corrected chi connectivity index (χ4v) is 3.43. The zero-order valence-electron chi connectivity index (χ0n) is 13.6. The molecule has 2 rings (SSSR count). The highest BCUT2D eigenvalue weighted by Crippen LogP contribution is 2.28. The van der Waals surface area contributed by atoms with E-state index in [4.69, 9.17) is 0 Å². The van der Waals surface area contributed by atoms with Crippen molar-refractivity contribution in [2.75, 3.05) is 18.0 Å². The molecule has 2 heteroatoms. The Labute approximate surface area is 130 Å². The Balaban J connectivity index is 1.95. The van der Waals surface area contributed by atoms with Gasteiger partial charge in [-0.2, -0.15) is 0 Å². The number of unbranched alkanes of at least 4 members (excludes halogenated alkanes) is 3. The van der Waals surface area contributed by atoms with Crippen molar-refractivity contribution in [2.24, 2.45) is 5.92 Å². The number of phenols is 1. The number of rotatable bonds is 8. The van der Waals surface area contributed by atoms with Crippen LogP contribution in [0.15, 0.2) is 24.3 Å². The lowest BCUT2D eigenvalue weighted by Gasteiger charge is -2.31. The lowest BCUT2D eigenvalue weighted by atomic mass is 9.88. The van der Waals surface area contributed by atoms with Crippen LogP contribution in [0.4, 0.5) is 5.69 Å². The quantitative estimate of drug-likeness (QED) is 0.651. The number of hydrogen-bond donors (Lipinski definition) is 1. The van der Waals surface area contributed by atoms with Crippen LogP contribution in [0.2, 0.25) is 0 Å². The number of hydrogen-bond acceptors (Lipinski definition) is 2. The molecule has 118 valence electrons. The van der Waals surface area contributed by atoms with Gasteiger partial charge < -0.3 is 10.0 Å². The maximum atomic E-state index is 9.75. The third-order valence-corrected chi connectivity index (χ3v) is 4.68. The van der Waals surface area contributed by atoms with Crippen LogP contribution >= 0.6 is 0 Å². The van der Waals surface area contributed by atoms with E-state index in [1.165, 1.54) is 63.5 Å². The summed E-state index contributed by atoms with van der Waals surface area (Å²) in [5, 5.41) is 9.75. The summed E-state index contributed by atoms with van der Waals surface area (Å²) >= 11 is 0. The number of benzene rings is 1. The van der Waals surface area contributed by atoms with Gasteiger partial charge in [-0.05, 0) is 37.3 Å². The topological polar surface area (TPSA) is 23.5 Å². The van der Waals surface area contributed by atoms with Crippen LogP contribution in [-0.2, 0) is 0 Å². The Morgan fingerprint density at radius 2 is 1.90 bits per heavy atom. The molecule has 0 saturated heterocycles. The maximum Gasteiger partial charge on any atom is 0.117 e. The summed E-state index contributed by atoms with van der Waals surface area (Å²) in [6.07, 6.45) is 12.2. The Bertz CT molecular complexity index is 398. The van der Waals surface area contributed by atoms with Crippen LogP contribution in [0.3, 0.4) is 0 Å². The molecule has 1 aromatic rings. The van der Waals surface area contributed by atoms with Crippen molar-refractivity contribution in [3.8, 4) is 5.75 Å². The molecule has 2 nitrogen and oxygen atoms in total. The summed E-state index contributed by atoms with van der Waals surface area (Å²) in [7, 11) is 0. The van der Waals surface area contributed by atoms with Gasteiger partial charge >= 0.3 is 0 Å². The molecule has 21 heavy (non-hydrogen) atoms. The molecule has 0 bridgehead atoms. The first kappa shape index (κ1) is 16.2. The van der Waals surface area contributed by atoms with Crippen LogP contribution in [-0.4, -0.2) is 18.2 Å². The van der Waals surface area contributed by atoms with E-state index in [0.717, 1.165) is 19.0 Å². The second-order valence-electron chi connectivity index (χ2n) is 6.53. The fraction of sp³-hybridized carbons (Fsp3) is 0.684. The Morgan fingerprint density at radius 3 is 2.62 bits per heavy atom. The molecule has 0 unspecified atom stereocenters. The van der Waals surface area contributed by atoms with Crippen LogP contribution < -0.4 is 4.90 Å². The highest BCUT2D eigenvalue weighted by Gasteiger charge is 2.17. The van der Waals surface area contributed by atoms with E-state index in [1.807, 2.05) is 12.1 Å². The van der Waals surface area contributed by atoms with Gasteiger partial charge in [0.2, 0.25) is 0 Å². The lowest BCUT2D eigenvalue weighted by molar-refractivity contribution is 0.357. The summed E-state index contributed by atoms with van der Waals surface area (Å²) in [4.78, 5) is 2.51. The molecule has 1 aliphatic carbocycles. The predicted octanol–water partition coefficient (Wildman–Crippen LogP) is 5.36. The summed E-state index contributed by atoms with van der Waals surface area (Å²) < 4.78 is 0. The van der Waals surface area contributed by atoms with Crippen LogP contribution in [0.1, 0.15) is 64.7 Å². The SMILES string of the molecule is CCCCCCN(CC1CCCCC1)c1cccc(O)c1. The van der Waals surface area contributed by atoms with Crippen molar-refractivity contribution in [1.29, 1.82) is 0 Å². The number of aromatic hydroxyl groups is 1. The normalized spacial score (nSPS) is 16.0. The number of anilines is 1. The fourth-order valence-electron chi connectivity index (χ4n) is 3.43. The van der Waals surface area contributed by atoms with Gasteiger partial charge in [0.15, 0.2) is 0 Å². The molecule has 1 saturated carbocycles. The minimum absolute atomic E-state index is 0.384.